The van der Waals surface area contributed by atoms with E-state index in [0.29, 0.717) is 5.56 Å². The molecule has 1 aromatic rings. The summed E-state index contributed by atoms with van der Waals surface area (Å²) in [6.07, 6.45) is 3.98. The fraction of sp³-hybridized carbons (Fsp3) is 0.611. The maximum Gasteiger partial charge on any atom is 0.287 e. The van der Waals surface area contributed by atoms with Gasteiger partial charge in [-0.3, -0.25) is 14.9 Å². The van der Waals surface area contributed by atoms with E-state index < -0.39 is 10.3 Å². The number of nitro benzene ring substituents is 1. The number of benzene rings is 1. The number of carbonyl (C=O) groups excluding carboxylic acids is 1. The van der Waals surface area contributed by atoms with Gasteiger partial charge in [-0.05, 0) is 38.3 Å². The largest absolute Gasteiger partial charge is 0.342 e. The first kappa shape index (κ1) is 20.4. The molecule has 1 amide bonds. The Morgan fingerprint density at radius 3 is 2.17 bits per heavy atom. The molecule has 0 aliphatic carbocycles. The van der Waals surface area contributed by atoms with Crippen LogP contribution in [0.25, 0.3) is 0 Å². The van der Waals surface area contributed by atoms with Gasteiger partial charge in [0.25, 0.3) is 5.69 Å². The first-order valence-corrected chi connectivity index (χ1v) is 8.87. The van der Waals surface area contributed by atoms with Crippen molar-refractivity contribution in [2.45, 2.75) is 58.8 Å². The average Bonchev–Trinajstić information content (AvgIpc) is 2.54. The number of halogens is 1. The van der Waals surface area contributed by atoms with Crippen molar-refractivity contribution < 1.29 is 9.72 Å². The summed E-state index contributed by atoms with van der Waals surface area (Å²) < 4.78 is 0. The molecule has 24 heavy (non-hydrogen) atoms. The van der Waals surface area contributed by atoms with Gasteiger partial charge in [0.05, 0.1) is 10.3 Å². The van der Waals surface area contributed by atoms with E-state index in [1.807, 2.05) is 18.7 Å². The van der Waals surface area contributed by atoms with Crippen LogP contribution in [0.4, 0.5) is 5.69 Å². The van der Waals surface area contributed by atoms with Crippen molar-refractivity contribution in [2.24, 2.45) is 0 Å². The lowest BCUT2D eigenvalue weighted by Gasteiger charge is -2.32. The van der Waals surface area contributed by atoms with Gasteiger partial charge in [0.2, 0.25) is 5.91 Å². The Labute approximate surface area is 149 Å². The van der Waals surface area contributed by atoms with Crippen LogP contribution >= 0.6 is 11.6 Å². The number of hydrogen-bond acceptors (Lipinski definition) is 3. The Hall–Kier alpha value is -1.62. The van der Waals surface area contributed by atoms with Crippen LogP contribution in [-0.2, 0) is 10.2 Å². The lowest BCUT2D eigenvalue weighted by atomic mass is 9.83. The first-order chi connectivity index (χ1) is 11.3. The predicted molar refractivity (Wildman–Crippen MR) is 97.5 cm³/mol. The molecule has 0 bridgehead atoms. The van der Waals surface area contributed by atoms with Gasteiger partial charge in [0.15, 0.2) is 0 Å². The molecule has 0 aliphatic rings. The van der Waals surface area contributed by atoms with Gasteiger partial charge in [-0.25, -0.2) is 0 Å². The highest BCUT2D eigenvalue weighted by Crippen LogP contribution is 2.32. The van der Waals surface area contributed by atoms with Crippen molar-refractivity contribution in [3.05, 3.63) is 38.9 Å². The van der Waals surface area contributed by atoms with Gasteiger partial charge in [0.1, 0.15) is 5.02 Å². The van der Waals surface area contributed by atoms with Crippen LogP contribution in [0, 0.1) is 10.1 Å². The highest BCUT2D eigenvalue weighted by atomic mass is 35.5. The van der Waals surface area contributed by atoms with Crippen LogP contribution in [0.3, 0.4) is 0 Å². The Morgan fingerprint density at radius 1 is 1.21 bits per heavy atom. The number of nitrogens with zero attached hydrogens (tertiary/aromatic N) is 2. The van der Waals surface area contributed by atoms with Gasteiger partial charge in [-0.2, -0.15) is 0 Å². The quantitative estimate of drug-likeness (QED) is 0.465. The summed E-state index contributed by atoms with van der Waals surface area (Å²) in [4.78, 5) is 25.4. The minimum Gasteiger partial charge on any atom is -0.342 e. The van der Waals surface area contributed by atoms with Crippen LogP contribution in [0.5, 0.6) is 0 Å². The minimum absolute atomic E-state index is 0.0364. The van der Waals surface area contributed by atoms with E-state index in [1.54, 1.807) is 6.07 Å². The Bertz CT molecular complexity index is 580. The van der Waals surface area contributed by atoms with Crippen LogP contribution in [0.15, 0.2) is 18.2 Å². The predicted octanol–water partition coefficient (Wildman–Crippen LogP) is 4.95. The molecule has 1 rings (SSSR count). The molecule has 0 heterocycles. The van der Waals surface area contributed by atoms with Crippen molar-refractivity contribution in [2.75, 3.05) is 13.1 Å². The van der Waals surface area contributed by atoms with Gasteiger partial charge in [0, 0.05) is 19.2 Å². The third-order valence-corrected chi connectivity index (χ3v) is 4.55. The standard InChI is InChI=1S/C18H27ClN2O3/c1-5-7-11-20(12-8-6-2)17(22)18(3,4)14-9-10-16(21(23)24)15(19)13-14/h9-10,13H,5-8,11-12H2,1-4H3. The molecule has 0 atom stereocenters. The van der Waals surface area contributed by atoms with E-state index >= 15 is 0 Å². The Morgan fingerprint density at radius 2 is 1.75 bits per heavy atom. The highest BCUT2D eigenvalue weighted by molar-refractivity contribution is 6.32. The number of carbonyl (C=O) groups is 1. The average molecular weight is 355 g/mol. The molecule has 0 aromatic heterocycles. The fourth-order valence-corrected chi connectivity index (χ4v) is 2.82. The van der Waals surface area contributed by atoms with E-state index in [2.05, 4.69) is 13.8 Å². The molecule has 0 radical (unpaired) electrons. The van der Waals surface area contributed by atoms with Crippen molar-refractivity contribution in [1.29, 1.82) is 0 Å². The number of rotatable bonds is 9. The highest BCUT2D eigenvalue weighted by Gasteiger charge is 2.34. The Kier molecular flexibility index (Phi) is 7.67. The number of amides is 1. The number of unbranched alkanes of at least 4 members (excludes halogenated alkanes) is 2. The fourth-order valence-electron chi connectivity index (χ4n) is 2.58. The summed E-state index contributed by atoms with van der Waals surface area (Å²) in [5.74, 6) is 0.0364. The normalized spacial score (nSPS) is 11.4. The topological polar surface area (TPSA) is 63.5 Å². The molecule has 0 saturated carbocycles. The van der Waals surface area contributed by atoms with Gasteiger partial charge >= 0.3 is 0 Å². The lowest BCUT2D eigenvalue weighted by Crippen LogP contribution is -2.44. The molecule has 0 spiro atoms. The van der Waals surface area contributed by atoms with Crippen molar-refractivity contribution in [1.82, 2.24) is 4.90 Å². The first-order valence-electron chi connectivity index (χ1n) is 8.49. The van der Waals surface area contributed by atoms with E-state index in [0.717, 1.165) is 38.8 Å². The second-order valence-electron chi connectivity index (χ2n) is 6.55. The number of nitro groups is 1. The SMILES string of the molecule is CCCCN(CCCC)C(=O)C(C)(C)c1ccc([N+](=O)[O-])c(Cl)c1. The monoisotopic (exact) mass is 354 g/mol. The summed E-state index contributed by atoms with van der Waals surface area (Å²) in [5, 5.41) is 11.0. The summed E-state index contributed by atoms with van der Waals surface area (Å²) in [6.45, 7) is 9.36. The van der Waals surface area contributed by atoms with E-state index in [4.69, 9.17) is 11.6 Å². The van der Waals surface area contributed by atoms with Gasteiger partial charge in [-0.15, -0.1) is 0 Å². The summed E-state index contributed by atoms with van der Waals surface area (Å²) in [7, 11) is 0. The smallest absolute Gasteiger partial charge is 0.287 e. The molecule has 5 nitrogen and oxygen atoms in total. The molecule has 0 saturated heterocycles. The van der Waals surface area contributed by atoms with Crippen LogP contribution in [0.1, 0.15) is 58.9 Å². The van der Waals surface area contributed by atoms with E-state index in [1.165, 1.54) is 12.1 Å². The van der Waals surface area contributed by atoms with Gasteiger partial charge in [-0.1, -0.05) is 44.4 Å². The summed E-state index contributed by atoms with van der Waals surface area (Å²) >= 11 is 6.02. The molecule has 0 unspecified atom stereocenters. The zero-order valence-corrected chi connectivity index (χ0v) is 15.7. The maximum absolute atomic E-state index is 13.1. The van der Waals surface area contributed by atoms with Crippen molar-refractivity contribution >= 4 is 23.2 Å². The molecule has 1 aromatic carbocycles. The third kappa shape index (κ3) is 4.94. The molecule has 0 N–H and O–H groups in total. The lowest BCUT2D eigenvalue weighted by molar-refractivity contribution is -0.384. The molecule has 0 fully saturated rings. The van der Waals surface area contributed by atoms with Crippen LogP contribution < -0.4 is 0 Å². The maximum atomic E-state index is 13.1. The molecule has 0 aliphatic heterocycles. The van der Waals surface area contributed by atoms with E-state index in [9.17, 15) is 14.9 Å². The Balaban J connectivity index is 3.08. The van der Waals surface area contributed by atoms with E-state index in [-0.39, 0.29) is 16.6 Å². The molecule has 6 heteroatoms. The molecule has 134 valence electrons. The summed E-state index contributed by atoms with van der Waals surface area (Å²) in [6, 6.07) is 4.53. The zero-order valence-electron chi connectivity index (χ0n) is 15.0. The second-order valence-corrected chi connectivity index (χ2v) is 6.95. The zero-order chi connectivity index (χ0) is 18.3. The number of hydrogen-bond donors (Lipinski definition) is 0. The third-order valence-electron chi connectivity index (χ3n) is 4.25. The van der Waals surface area contributed by atoms with Crippen molar-refractivity contribution in [3.8, 4) is 0 Å². The van der Waals surface area contributed by atoms with Crippen LogP contribution in [0.2, 0.25) is 5.02 Å². The van der Waals surface area contributed by atoms with Gasteiger partial charge < -0.3 is 4.90 Å². The molecular formula is C18H27ClN2O3. The van der Waals surface area contributed by atoms with Crippen molar-refractivity contribution in [3.63, 3.8) is 0 Å². The second kappa shape index (κ2) is 9.02. The van der Waals surface area contributed by atoms with Crippen LogP contribution in [-0.4, -0.2) is 28.8 Å². The minimum atomic E-state index is -0.778. The molecular weight excluding hydrogens is 328 g/mol. The summed E-state index contributed by atoms with van der Waals surface area (Å²) in [5.41, 5.74) is -0.223.